The Balaban J connectivity index is 0.00000208. The van der Waals surface area contributed by atoms with E-state index in [1.54, 1.807) is 0 Å². The molecule has 0 bridgehead atoms. The molecule has 2 fully saturated rings. The van der Waals surface area contributed by atoms with Gasteiger partial charge in [-0.05, 0) is 31.9 Å². The van der Waals surface area contributed by atoms with Crippen molar-refractivity contribution in [2.75, 3.05) is 19.6 Å². The molecule has 2 N–H and O–H groups in total. The number of carbonyl (C=O) groups excluding carboxylic acids is 2. The zero-order valence-electron chi connectivity index (χ0n) is 14.0. The Kier molecular flexibility index (Phi) is 6.63. The van der Waals surface area contributed by atoms with E-state index < -0.39 is 0 Å². The second-order valence-electron chi connectivity index (χ2n) is 6.59. The number of piperidine rings is 1. The smallest absolute Gasteiger partial charge is 0.226 e. The number of hydrogen-bond acceptors (Lipinski definition) is 3. The van der Waals surface area contributed by atoms with Crippen LogP contribution in [0.2, 0.25) is 0 Å². The van der Waals surface area contributed by atoms with Gasteiger partial charge >= 0.3 is 0 Å². The first-order valence-corrected chi connectivity index (χ1v) is 8.50. The highest BCUT2D eigenvalue weighted by Gasteiger charge is 2.34. The van der Waals surface area contributed by atoms with Crippen LogP contribution in [0.4, 0.5) is 0 Å². The van der Waals surface area contributed by atoms with Crippen LogP contribution in [0.3, 0.4) is 0 Å². The summed E-state index contributed by atoms with van der Waals surface area (Å²) in [7, 11) is 0. The highest BCUT2D eigenvalue weighted by atomic mass is 35.5. The third-order valence-corrected chi connectivity index (χ3v) is 4.87. The maximum atomic E-state index is 13.1. The van der Waals surface area contributed by atoms with Gasteiger partial charge in [0.1, 0.15) is 0 Å². The summed E-state index contributed by atoms with van der Waals surface area (Å²) in [6.45, 7) is 4.14. The monoisotopic (exact) mass is 351 g/mol. The molecule has 2 heterocycles. The van der Waals surface area contributed by atoms with Crippen molar-refractivity contribution in [1.29, 1.82) is 0 Å². The molecule has 1 aromatic carbocycles. The van der Waals surface area contributed by atoms with Crippen molar-refractivity contribution in [3.63, 3.8) is 0 Å². The fourth-order valence-corrected chi connectivity index (χ4v) is 3.66. The molecule has 0 radical (unpaired) electrons. The topological polar surface area (TPSA) is 61.4 Å². The van der Waals surface area contributed by atoms with Crippen LogP contribution in [0, 0.1) is 5.92 Å². The normalized spacial score (nSPS) is 27.6. The van der Waals surface area contributed by atoms with Crippen LogP contribution in [0.15, 0.2) is 30.3 Å². The summed E-state index contributed by atoms with van der Waals surface area (Å²) in [4.78, 5) is 27.0. The number of nitrogens with zero attached hydrogens (tertiary/aromatic N) is 1. The predicted molar refractivity (Wildman–Crippen MR) is 96.0 cm³/mol. The molecule has 2 aliphatic rings. The molecule has 0 aromatic heterocycles. The number of amides is 2. The van der Waals surface area contributed by atoms with E-state index >= 15 is 0 Å². The van der Waals surface area contributed by atoms with Crippen LogP contribution in [0.5, 0.6) is 0 Å². The van der Waals surface area contributed by atoms with E-state index in [2.05, 4.69) is 17.6 Å². The third-order valence-electron chi connectivity index (χ3n) is 4.87. The SMILES string of the molecule is C[C@H]1C[C@@H](C(=O)N2CCNC(=O)CC2c2ccccc2)CCN1.Cl. The van der Waals surface area contributed by atoms with E-state index in [1.807, 2.05) is 35.2 Å². The summed E-state index contributed by atoms with van der Waals surface area (Å²) < 4.78 is 0. The molecule has 2 amide bonds. The lowest BCUT2D eigenvalue weighted by Crippen LogP contribution is -2.46. The van der Waals surface area contributed by atoms with Gasteiger partial charge < -0.3 is 15.5 Å². The first-order chi connectivity index (χ1) is 11.1. The van der Waals surface area contributed by atoms with Crippen LogP contribution < -0.4 is 10.6 Å². The number of halogens is 1. The van der Waals surface area contributed by atoms with E-state index in [0.717, 1.165) is 24.9 Å². The second kappa shape index (κ2) is 8.49. The van der Waals surface area contributed by atoms with Gasteiger partial charge in [0.05, 0.1) is 12.5 Å². The largest absolute Gasteiger partial charge is 0.354 e. The van der Waals surface area contributed by atoms with Crippen molar-refractivity contribution in [3.05, 3.63) is 35.9 Å². The minimum Gasteiger partial charge on any atom is -0.354 e. The summed E-state index contributed by atoms with van der Waals surface area (Å²) in [5.74, 6) is 0.280. The lowest BCUT2D eigenvalue weighted by atomic mass is 9.90. The maximum absolute atomic E-state index is 13.1. The number of benzene rings is 1. The Morgan fingerprint density at radius 1 is 1.21 bits per heavy atom. The van der Waals surface area contributed by atoms with Gasteiger partial charge in [-0.25, -0.2) is 0 Å². The number of rotatable bonds is 2. The number of hydrogen-bond donors (Lipinski definition) is 2. The van der Waals surface area contributed by atoms with Gasteiger partial charge in [-0.15, -0.1) is 12.4 Å². The van der Waals surface area contributed by atoms with Gasteiger partial charge in [0.2, 0.25) is 11.8 Å². The molecule has 5 nitrogen and oxygen atoms in total. The zero-order chi connectivity index (χ0) is 16.2. The molecule has 3 rings (SSSR count). The lowest BCUT2D eigenvalue weighted by molar-refractivity contribution is -0.139. The first kappa shape index (κ1) is 18.7. The van der Waals surface area contributed by atoms with Gasteiger partial charge in [-0.3, -0.25) is 9.59 Å². The zero-order valence-corrected chi connectivity index (χ0v) is 14.8. The van der Waals surface area contributed by atoms with Gasteiger partial charge in [0.15, 0.2) is 0 Å². The van der Waals surface area contributed by atoms with E-state index in [-0.39, 0.29) is 36.2 Å². The third kappa shape index (κ3) is 4.28. The van der Waals surface area contributed by atoms with E-state index in [9.17, 15) is 9.59 Å². The molecule has 1 aromatic rings. The molecular formula is C18H26ClN3O2. The van der Waals surface area contributed by atoms with Gasteiger partial charge in [0.25, 0.3) is 0 Å². The van der Waals surface area contributed by atoms with Crippen molar-refractivity contribution in [3.8, 4) is 0 Å². The average Bonchev–Trinajstić information content (AvgIpc) is 2.76. The van der Waals surface area contributed by atoms with Crippen molar-refractivity contribution in [2.24, 2.45) is 5.92 Å². The van der Waals surface area contributed by atoms with Crippen molar-refractivity contribution in [2.45, 2.75) is 38.3 Å². The summed E-state index contributed by atoms with van der Waals surface area (Å²) >= 11 is 0. The van der Waals surface area contributed by atoms with Gasteiger partial charge in [-0.2, -0.15) is 0 Å². The molecular weight excluding hydrogens is 326 g/mol. The molecule has 2 saturated heterocycles. The summed E-state index contributed by atoms with van der Waals surface area (Å²) in [6.07, 6.45) is 2.09. The Hall–Kier alpha value is -1.59. The molecule has 1 unspecified atom stereocenters. The fraction of sp³-hybridized carbons (Fsp3) is 0.556. The Morgan fingerprint density at radius 3 is 2.67 bits per heavy atom. The molecule has 24 heavy (non-hydrogen) atoms. The number of carbonyl (C=O) groups is 2. The second-order valence-corrected chi connectivity index (χ2v) is 6.59. The van der Waals surface area contributed by atoms with Crippen LogP contribution in [-0.4, -0.2) is 42.4 Å². The summed E-state index contributed by atoms with van der Waals surface area (Å²) in [5, 5.41) is 6.29. The molecule has 0 saturated carbocycles. The van der Waals surface area contributed by atoms with Crippen LogP contribution in [0.25, 0.3) is 0 Å². The number of nitrogens with one attached hydrogen (secondary N) is 2. The van der Waals surface area contributed by atoms with Gasteiger partial charge in [0, 0.05) is 25.0 Å². The Bertz CT molecular complexity index is 567. The van der Waals surface area contributed by atoms with Crippen molar-refractivity contribution in [1.82, 2.24) is 15.5 Å². The highest BCUT2D eigenvalue weighted by molar-refractivity contribution is 5.85. The predicted octanol–water partition coefficient (Wildman–Crippen LogP) is 1.89. The van der Waals surface area contributed by atoms with Crippen molar-refractivity contribution < 1.29 is 9.59 Å². The molecule has 3 atom stereocenters. The van der Waals surface area contributed by atoms with Crippen LogP contribution >= 0.6 is 12.4 Å². The minimum atomic E-state index is -0.156. The average molecular weight is 352 g/mol. The molecule has 132 valence electrons. The lowest BCUT2D eigenvalue weighted by Gasteiger charge is -2.35. The van der Waals surface area contributed by atoms with Crippen LogP contribution in [-0.2, 0) is 9.59 Å². The van der Waals surface area contributed by atoms with Crippen molar-refractivity contribution >= 4 is 24.2 Å². The Labute approximate surface area is 149 Å². The molecule has 2 aliphatic heterocycles. The van der Waals surface area contributed by atoms with E-state index in [1.165, 1.54) is 0 Å². The first-order valence-electron chi connectivity index (χ1n) is 8.50. The minimum absolute atomic E-state index is 0. The fourth-order valence-electron chi connectivity index (χ4n) is 3.66. The quantitative estimate of drug-likeness (QED) is 0.855. The standard InChI is InChI=1S/C18H25N3O2.ClH/c1-13-11-15(7-8-19-13)18(23)21-10-9-20-17(22)12-16(21)14-5-3-2-4-6-14;/h2-6,13,15-16,19H,7-12H2,1H3,(H,20,22);1H/t13-,15-,16?;/m0./s1. The highest BCUT2D eigenvalue weighted by Crippen LogP contribution is 2.29. The van der Waals surface area contributed by atoms with Crippen LogP contribution in [0.1, 0.15) is 37.8 Å². The van der Waals surface area contributed by atoms with Gasteiger partial charge in [-0.1, -0.05) is 30.3 Å². The molecule has 6 heteroatoms. The summed E-state index contributed by atoms with van der Waals surface area (Å²) in [5.41, 5.74) is 1.04. The van der Waals surface area contributed by atoms with E-state index in [4.69, 9.17) is 0 Å². The van der Waals surface area contributed by atoms with E-state index in [0.29, 0.717) is 25.6 Å². The Morgan fingerprint density at radius 2 is 1.96 bits per heavy atom. The summed E-state index contributed by atoms with van der Waals surface area (Å²) in [6, 6.07) is 10.1. The maximum Gasteiger partial charge on any atom is 0.226 e. The molecule has 0 aliphatic carbocycles. The molecule has 0 spiro atoms.